The van der Waals surface area contributed by atoms with Crippen molar-refractivity contribution in [2.24, 2.45) is 0 Å². The zero-order valence-electron chi connectivity index (χ0n) is 31.7. The van der Waals surface area contributed by atoms with E-state index in [9.17, 15) is 4.79 Å². The summed E-state index contributed by atoms with van der Waals surface area (Å²) in [4.78, 5) is 20.8. The summed E-state index contributed by atoms with van der Waals surface area (Å²) < 4.78 is 0. The highest BCUT2D eigenvalue weighted by atomic mass is 16.9. The van der Waals surface area contributed by atoms with E-state index in [0.29, 0.717) is 13.0 Å². The topological polar surface area (TPSA) is 99.5 Å². The van der Waals surface area contributed by atoms with Crippen molar-refractivity contribution in [2.75, 3.05) is 33.0 Å². The molecule has 0 amide bonds. The molecule has 47 heavy (non-hydrogen) atoms. The number of hydroxylamine groups is 2. The predicted octanol–water partition coefficient (Wildman–Crippen LogP) is 11.7. The number of carbonyl (C=O) groups is 1. The molecule has 0 aromatic rings. The van der Waals surface area contributed by atoms with E-state index in [1.54, 1.807) is 0 Å². The largest absolute Gasteiger partial charge is 0.481 e. The molecule has 0 saturated carbocycles. The van der Waals surface area contributed by atoms with Crippen molar-refractivity contribution in [2.45, 2.75) is 219 Å². The molecular formula is C40H83NO6. The number of carboxylic acids is 1. The second kappa shape index (κ2) is 45.3. The van der Waals surface area contributed by atoms with Crippen LogP contribution < -0.4 is 0 Å². The zero-order chi connectivity index (χ0) is 34.7. The monoisotopic (exact) mass is 674 g/mol. The van der Waals surface area contributed by atoms with Crippen LogP contribution in [0.5, 0.6) is 0 Å². The quantitative estimate of drug-likeness (QED) is 0.0441. The van der Waals surface area contributed by atoms with Crippen LogP contribution in [-0.4, -0.2) is 59.5 Å². The summed E-state index contributed by atoms with van der Waals surface area (Å²) >= 11 is 0. The molecule has 0 unspecified atom stereocenters. The Labute approximate surface area is 292 Å². The molecule has 0 aliphatic rings. The standard InChI is InChI=1S/C28H59NO4.C12H24O2/c1-2-3-4-5-6-7-8-9-10-11-12-13-14-15-16-17-18-19-20-21-22-23-24-29(32-27-25-30)33-28-26-31;1-2-3-4-5-6-7-8-9-10-11-12(13)14/h30-31H,2-28H2,1H3;2-11H2,1H3,(H,13,14). The molecule has 0 bridgehead atoms. The van der Waals surface area contributed by atoms with Crippen molar-refractivity contribution in [3.8, 4) is 0 Å². The first kappa shape index (κ1) is 48.4. The van der Waals surface area contributed by atoms with Crippen LogP contribution in [0.25, 0.3) is 0 Å². The van der Waals surface area contributed by atoms with Crippen molar-refractivity contribution in [1.29, 1.82) is 0 Å². The van der Waals surface area contributed by atoms with Crippen LogP contribution in [0.3, 0.4) is 0 Å². The van der Waals surface area contributed by atoms with Crippen LogP contribution in [0, 0.1) is 0 Å². The number of aliphatic hydroxyl groups is 2. The molecule has 0 radical (unpaired) electrons. The minimum atomic E-state index is -0.659. The van der Waals surface area contributed by atoms with E-state index in [1.165, 1.54) is 185 Å². The van der Waals surface area contributed by atoms with Crippen LogP contribution >= 0.6 is 0 Å². The van der Waals surface area contributed by atoms with Gasteiger partial charge in [0.1, 0.15) is 0 Å². The van der Waals surface area contributed by atoms with Crippen molar-refractivity contribution in [3.05, 3.63) is 0 Å². The van der Waals surface area contributed by atoms with Gasteiger partial charge in [0.05, 0.1) is 33.0 Å². The Hall–Kier alpha value is -0.730. The minimum Gasteiger partial charge on any atom is -0.481 e. The van der Waals surface area contributed by atoms with Gasteiger partial charge in [0.2, 0.25) is 0 Å². The van der Waals surface area contributed by atoms with Crippen LogP contribution in [0.15, 0.2) is 0 Å². The normalized spacial score (nSPS) is 11.3. The third-order valence-electron chi connectivity index (χ3n) is 8.84. The van der Waals surface area contributed by atoms with Gasteiger partial charge >= 0.3 is 5.97 Å². The van der Waals surface area contributed by atoms with Crippen LogP contribution in [0.2, 0.25) is 0 Å². The van der Waals surface area contributed by atoms with E-state index in [0.717, 1.165) is 19.3 Å². The van der Waals surface area contributed by atoms with Crippen molar-refractivity contribution < 1.29 is 29.8 Å². The first-order chi connectivity index (χ1) is 23.1. The molecule has 0 aliphatic heterocycles. The maximum atomic E-state index is 10.2. The highest BCUT2D eigenvalue weighted by Gasteiger charge is 2.05. The van der Waals surface area contributed by atoms with Crippen LogP contribution in [-0.2, 0) is 14.5 Å². The summed E-state index contributed by atoms with van der Waals surface area (Å²) in [7, 11) is 0. The summed E-state index contributed by atoms with van der Waals surface area (Å²) in [5.74, 6) is -0.659. The van der Waals surface area contributed by atoms with Gasteiger partial charge < -0.3 is 15.3 Å². The van der Waals surface area contributed by atoms with Gasteiger partial charge in [0.15, 0.2) is 0 Å². The Morgan fingerprint density at radius 3 is 0.936 bits per heavy atom. The van der Waals surface area contributed by atoms with Crippen molar-refractivity contribution >= 4 is 5.97 Å². The molecular weight excluding hydrogens is 590 g/mol. The van der Waals surface area contributed by atoms with E-state index in [-0.39, 0.29) is 26.4 Å². The average molecular weight is 674 g/mol. The number of aliphatic hydroxyl groups excluding tert-OH is 2. The van der Waals surface area contributed by atoms with E-state index < -0.39 is 5.97 Å². The van der Waals surface area contributed by atoms with E-state index in [1.807, 2.05) is 0 Å². The van der Waals surface area contributed by atoms with Gasteiger partial charge in [-0.25, -0.2) is 0 Å². The lowest BCUT2D eigenvalue weighted by Crippen LogP contribution is -2.28. The number of hydrogen-bond donors (Lipinski definition) is 3. The highest BCUT2D eigenvalue weighted by Crippen LogP contribution is 2.15. The van der Waals surface area contributed by atoms with Crippen molar-refractivity contribution in [1.82, 2.24) is 5.23 Å². The van der Waals surface area contributed by atoms with Gasteiger partial charge in [-0.05, 0) is 12.8 Å². The molecule has 0 fully saturated rings. The minimum absolute atomic E-state index is 0.0294. The lowest BCUT2D eigenvalue weighted by molar-refractivity contribution is -0.371. The van der Waals surface area contributed by atoms with Gasteiger partial charge in [-0.15, -0.1) is 0 Å². The maximum Gasteiger partial charge on any atom is 0.303 e. The maximum absolute atomic E-state index is 10.2. The highest BCUT2D eigenvalue weighted by molar-refractivity contribution is 5.66. The summed E-state index contributed by atoms with van der Waals surface area (Å²) in [6, 6.07) is 0. The molecule has 0 aromatic heterocycles. The zero-order valence-corrected chi connectivity index (χ0v) is 31.7. The molecule has 3 N–H and O–H groups in total. The third kappa shape index (κ3) is 47.4. The number of hydrogen-bond acceptors (Lipinski definition) is 6. The molecule has 0 atom stereocenters. The Bertz CT molecular complexity index is 557. The average Bonchev–Trinajstić information content (AvgIpc) is 3.07. The fraction of sp³-hybridized carbons (Fsp3) is 0.975. The molecule has 7 heteroatoms. The second-order valence-electron chi connectivity index (χ2n) is 13.6. The van der Waals surface area contributed by atoms with Crippen LogP contribution in [0.4, 0.5) is 0 Å². The molecule has 0 aromatic carbocycles. The smallest absolute Gasteiger partial charge is 0.303 e. The molecule has 284 valence electrons. The SMILES string of the molecule is CCCCCCCCCCCC(=O)O.CCCCCCCCCCCCCCCCCCCCCCCCN(OCCO)OCCO. The summed E-state index contributed by atoms with van der Waals surface area (Å²) in [5.41, 5.74) is 0. The number of rotatable bonds is 39. The molecule has 0 spiro atoms. The first-order valence-corrected chi connectivity index (χ1v) is 20.6. The number of aliphatic carboxylic acids is 1. The Morgan fingerprint density at radius 2 is 0.681 bits per heavy atom. The van der Waals surface area contributed by atoms with Gasteiger partial charge in [-0.3, -0.25) is 14.5 Å². The number of nitrogens with zero attached hydrogens (tertiary/aromatic N) is 1. The lowest BCUT2D eigenvalue weighted by atomic mass is 10.0. The van der Waals surface area contributed by atoms with Gasteiger partial charge in [0.25, 0.3) is 0 Å². The lowest BCUT2D eigenvalue weighted by Gasteiger charge is -2.20. The van der Waals surface area contributed by atoms with E-state index in [2.05, 4.69) is 13.8 Å². The van der Waals surface area contributed by atoms with Gasteiger partial charge in [-0.2, -0.15) is 0 Å². The van der Waals surface area contributed by atoms with Crippen LogP contribution in [0.1, 0.15) is 219 Å². The molecule has 0 aliphatic carbocycles. The first-order valence-electron chi connectivity index (χ1n) is 20.6. The Balaban J connectivity index is 0. The predicted molar refractivity (Wildman–Crippen MR) is 200 cm³/mol. The molecule has 0 heterocycles. The number of unbranched alkanes of at least 4 members (excludes halogenated alkanes) is 29. The van der Waals surface area contributed by atoms with E-state index in [4.69, 9.17) is 25.0 Å². The fourth-order valence-corrected chi connectivity index (χ4v) is 5.89. The van der Waals surface area contributed by atoms with E-state index >= 15 is 0 Å². The molecule has 7 nitrogen and oxygen atoms in total. The summed E-state index contributed by atoms with van der Waals surface area (Å²) in [6.45, 7) is 5.59. The number of carboxylic acid groups (broad SMARTS) is 1. The molecule has 0 saturated heterocycles. The molecule has 0 rings (SSSR count). The van der Waals surface area contributed by atoms with Gasteiger partial charge in [0, 0.05) is 6.42 Å². The van der Waals surface area contributed by atoms with Crippen molar-refractivity contribution in [3.63, 3.8) is 0 Å². The Morgan fingerprint density at radius 1 is 0.426 bits per heavy atom. The third-order valence-corrected chi connectivity index (χ3v) is 8.84. The fourth-order valence-electron chi connectivity index (χ4n) is 5.89. The van der Waals surface area contributed by atoms with Gasteiger partial charge in [-0.1, -0.05) is 205 Å². The summed E-state index contributed by atoms with van der Waals surface area (Å²) in [6.07, 6.45) is 42.0. The Kier molecular flexibility index (Phi) is 46.6. The summed E-state index contributed by atoms with van der Waals surface area (Å²) in [5, 5.41) is 27.5. The second-order valence-corrected chi connectivity index (χ2v) is 13.6.